The van der Waals surface area contributed by atoms with E-state index in [2.05, 4.69) is 31.8 Å². The first-order valence-corrected chi connectivity index (χ1v) is 10.4. The third-order valence-electron chi connectivity index (χ3n) is 5.77. The number of aromatic hydroxyl groups is 1. The first-order valence-electron chi connectivity index (χ1n) is 10.4. The quantitative estimate of drug-likeness (QED) is 0.833. The van der Waals surface area contributed by atoms with E-state index in [-0.39, 0.29) is 5.75 Å². The number of rotatable bonds is 3. The van der Waals surface area contributed by atoms with Crippen LogP contribution in [0.2, 0.25) is 0 Å². The number of hydrogen-bond acceptors (Lipinski definition) is 5. The summed E-state index contributed by atoms with van der Waals surface area (Å²) in [6.07, 6.45) is 7.09. The van der Waals surface area contributed by atoms with Crippen molar-refractivity contribution < 1.29 is 5.11 Å². The summed E-state index contributed by atoms with van der Waals surface area (Å²) in [5, 5.41) is 18.1. The zero-order valence-corrected chi connectivity index (χ0v) is 16.3. The van der Waals surface area contributed by atoms with E-state index in [1.807, 2.05) is 18.2 Å². The normalized spacial score (nSPS) is 18.5. The Hall–Kier alpha value is -2.58. The van der Waals surface area contributed by atoms with Crippen molar-refractivity contribution in [3.63, 3.8) is 0 Å². The van der Waals surface area contributed by atoms with Crippen molar-refractivity contribution in [2.45, 2.75) is 32.1 Å². The Kier molecular flexibility index (Phi) is 6.08. The van der Waals surface area contributed by atoms with Crippen LogP contribution in [-0.2, 0) is 0 Å². The highest BCUT2D eigenvalue weighted by Gasteiger charge is 2.22. The van der Waals surface area contributed by atoms with E-state index in [9.17, 15) is 5.11 Å². The molecule has 2 aromatic rings. The molecule has 1 saturated heterocycles. The van der Waals surface area contributed by atoms with E-state index in [0.29, 0.717) is 5.69 Å². The van der Waals surface area contributed by atoms with Gasteiger partial charge in [0.25, 0.3) is 0 Å². The standard InChI is InChI=1S/C23H28N4O/c28-22-8-4-7-19(17-22)9-10-21-11-12-23(25-24-21)27-15-13-26(14-16-27)18-20-5-2-1-3-6-20/h4,7-8,11-12,17,20,28H,1-3,5-6,13-16,18H2. The Morgan fingerprint density at radius 3 is 2.46 bits per heavy atom. The number of phenolic OH excluding ortho intramolecular Hbond substituents is 1. The maximum absolute atomic E-state index is 9.50. The van der Waals surface area contributed by atoms with E-state index in [0.717, 1.165) is 43.5 Å². The predicted molar refractivity (Wildman–Crippen MR) is 111 cm³/mol. The Labute approximate surface area is 167 Å². The average molecular weight is 377 g/mol. The van der Waals surface area contributed by atoms with Gasteiger partial charge in [-0.1, -0.05) is 31.2 Å². The minimum Gasteiger partial charge on any atom is -0.508 e. The fourth-order valence-corrected chi connectivity index (χ4v) is 4.17. The summed E-state index contributed by atoms with van der Waals surface area (Å²) < 4.78 is 0. The van der Waals surface area contributed by atoms with Crippen LogP contribution in [0.5, 0.6) is 5.75 Å². The molecule has 1 aliphatic carbocycles. The van der Waals surface area contributed by atoms with E-state index in [1.54, 1.807) is 18.2 Å². The number of hydrogen-bond donors (Lipinski definition) is 1. The van der Waals surface area contributed by atoms with Crippen LogP contribution in [0.1, 0.15) is 43.4 Å². The van der Waals surface area contributed by atoms with Crippen LogP contribution in [0.15, 0.2) is 36.4 Å². The highest BCUT2D eigenvalue weighted by molar-refractivity contribution is 5.45. The predicted octanol–water partition coefficient (Wildman–Crippen LogP) is 3.28. The van der Waals surface area contributed by atoms with Gasteiger partial charge in [-0.3, -0.25) is 4.90 Å². The smallest absolute Gasteiger partial charge is 0.151 e. The van der Waals surface area contributed by atoms with Crippen molar-refractivity contribution >= 4 is 5.82 Å². The zero-order chi connectivity index (χ0) is 19.2. The van der Waals surface area contributed by atoms with Crippen LogP contribution in [0.25, 0.3) is 0 Å². The van der Waals surface area contributed by atoms with Gasteiger partial charge < -0.3 is 10.0 Å². The first kappa shape index (κ1) is 18.8. The Bertz CT molecular complexity index is 826. The molecule has 2 aliphatic rings. The lowest BCUT2D eigenvalue weighted by molar-refractivity contribution is 0.191. The molecule has 1 aromatic heterocycles. The lowest BCUT2D eigenvalue weighted by Gasteiger charge is -2.37. The first-order chi connectivity index (χ1) is 13.8. The molecule has 0 spiro atoms. The number of aromatic nitrogens is 2. The summed E-state index contributed by atoms with van der Waals surface area (Å²) in [6.45, 7) is 5.50. The number of nitrogens with zero attached hydrogens (tertiary/aromatic N) is 4. The second-order valence-electron chi connectivity index (χ2n) is 7.87. The van der Waals surface area contributed by atoms with Crippen molar-refractivity contribution in [2.75, 3.05) is 37.6 Å². The maximum atomic E-state index is 9.50. The molecule has 0 amide bonds. The molecule has 0 bridgehead atoms. The van der Waals surface area contributed by atoms with Crippen LogP contribution in [0, 0.1) is 17.8 Å². The van der Waals surface area contributed by atoms with Crippen LogP contribution >= 0.6 is 0 Å². The lowest BCUT2D eigenvalue weighted by Crippen LogP contribution is -2.48. The lowest BCUT2D eigenvalue weighted by atomic mass is 9.89. The molecule has 0 unspecified atom stereocenters. The van der Waals surface area contributed by atoms with E-state index < -0.39 is 0 Å². The number of anilines is 1. The average Bonchev–Trinajstić information content (AvgIpc) is 2.74. The van der Waals surface area contributed by atoms with Gasteiger partial charge in [-0.25, -0.2) is 0 Å². The van der Waals surface area contributed by atoms with Gasteiger partial charge in [0.2, 0.25) is 0 Å². The van der Waals surface area contributed by atoms with Gasteiger partial charge in [-0.05, 0) is 55.0 Å². The Balaban J connectivity index is 1.30. The third kappa shape index (κ3) is 5.02. The summed E-state index contributed by atoms with van der Waals surface area (Å²) in [6, 6.07) is 10.8. The second kappa shape index (κ2) is 9.07. The minimum absolute atomic E-state index is 0.218. The molecule has 1 N–H and O–H groups in total. The summed E-state index contributed by atoms with van der Waals surface area (Å²) in [5.74, 6) is 8.08. The summed E-state index contributed by atoms with van der Waals surface area (Å²) in [7, 11) is 0. The van der Waals surface area contributed by atoms with Crippen LogP contribution in [-0.4, -0.2) is 52.9 Å². The van der Waals surface area contributed by atoms with Crippen molar-refractivity contribution in [1.29, 1.82) is 0 Å². The molecule has 1 saturated carbocycles. The zero-order valence-electron chi connectivity index (χ0n) is 16.3. The van der Waals surface area contributed by atoms with Crippen molar-refractivity contribution in [1.82, 2.24) is 15.1 Å². The maximum Gasteiger partial charge on any atom is 0.151 e. The minimum atomic E-state index is 0.218. The molecular weight excluding hydrogens is 348 g/mol. The van der Waals surface area contributed by atoms with Crippen molar-refractivity contribution in [3.8, 4) is 17.6 Å². The topological polar surface area (TPSA) is 52.5 Å². The van der Waals surface area contributed by atoms with E-state index >= 15 is 0 Å². The van der Waals surface area contributed by atoms with Gasteiger partial charge in [0.1, 0.15) is 11.4 Å². The van der Waals surface area contributed by atoms with Crippen molar-refractivity contribution in [3.05, 3.63) is 47.7 Å². The number of benzene rings is 1. The summed E-state index contributed by atoms with van der Waals surface area (Å²) >= 11 is 0. The van der Waals surface area contributed by atoms with Gasteiger partial charge in [0.15, 0.2) is 5.82 Å². The van der Waals surface area contributed by atoms with Gasteiger partial charge in [-0.2, -0.15) is 0 Å². The largest absolute Gasteiger partial charge is 0.508 e. The molecule has 5 nitrogen and oxygen atoms in total. The molecule has 1 aromatic carbocycles. The summed E-state index contributed by atoms with van der Waals surface area (Å²) in [5.41, 5.74) is 1.41. The number of phenols is 1. The Morgan fingerprint density at radius 1 is 0.929 bits per heavy atom. The highest BCUT2D eigenvalue weighted by Crippen LogP contribution is 2.25. The van der Waals surface area contributed by atoms with Crippen LogP contribution in [0.3, 0.4) is 0 Å². The molecule has 4 rings (SSSR count). The second-order valence-corrected chi connectivity index (χ2v) is 7.87. The Morgan fingerprint density at radius 2 is 1.75 bits per heavy atom. The fraction of sp³-hybridized carbons (Fsp3) is 0.478. The molecule has 28 heavy (non-hydrogen) atoms. The molecule has 0 radical (unpaired) electrons. The van der Waals surface area contributed by atoms with E-state index in [1.165, 1.54) is 38.6 Å². The highest BCUT2D eigenvalue weighted by atomic mass is 16.3. The third-order valence-corrected chi connectivity index (χ3v) is 5.77. The van der Waals surface area contributed by atoms with Crippen molar-refractivity contribution in [2.24, 2.45) is 5.92 Å². The summed E-state index contributed by atoms with van der Waals surface area (Å²) in [4.78, 5) is 4.94. The molecule has 2 fully saturated rings. The fourth-order valence-electron chi connectivity index (χ4n) is 4.17. The number of piperazine rings is 1. The molecule has 1 aliphatic heterocycles. The monoisotopic (exact) mass is 376 g/mol. The van der Waals surface area contributed by atoms with Crippen LogP contribution < -0.4 is 4.90 Å². The molecule has 146 valence electrons. The van der Waals surface area contributed by atoms with Gasteiger partial charge in [0, 0.05) is 38.3 Å². The molecule has 2 heterocycles. The van der Waals surface area contributed by atoms with Gasteiger partial charge in [0.05, 0.1) is 0 Å². The SMILES string of the molecule is Oc1cccc(C#Cc2ccc(N3CCN(CC4CCCCC4)CC3)nn2)c1. The molecular formula is C23H28N4O. The van der Waals surface area contributed by atoms with Crippen LogP contribution in [0.4, 0.5) is 5.82 Å². The van der Waals surface area contributed by atoms with Gasteiger partial charge >= 0.3 is 0 Å². The molecule has 0 atom stereocenters. The molecule has 5 heteroatoms. The van der Waals surface area contributed by atoms with E-state index in [4.69, 9.17) is 0 Å². The van der Waals surface area contributed by atoms with Gasteiger partial charge in [-0.15, -0.1) is 10.2 Å².